The van der Waals surface area contributed by atoms with E-state index in [2.05, 4.69) is 15.2 Å². The standard InChI is InChI=1S/C14H21N3O/c1-10-4-5-14(18)12(16-10)9-15-11-6-8-17-7-2-3-13(11)17/h4-5,11,13,15,18H,2-3,6-9H2,1H3. The second-order valence-electron chi connectivity index (χ2n) is 5.44. The Labute approximate surface area is 108 Å². The van der Waals surface area contributed by atoms with Crippen LogP contribution < -0.4 is 5.32 Å². The molecule has 0 aliphatic carbocycles. The summed E-state index contributed by atoms with van der Waals surface area (Å²) < 4.78 is 0. The van der Waals surface area contributed by atoms with Gasteiger partial charge in [0.1, 0.15) is 5.75 Å². The smallest absolute Gasteiger partial charge is 0.138 e. The van der Waals surface area contributed by atoms with Crippen LogP contribution in [0.15, 0.2) is 12.1 Å². The predicted octanol–water partition coefficient (Wildman–Crippen LogP) is 1.42. The largest absolute Gasteiger partial charge is 0.506 e. The molecule has 2 unspecified atom stereocenters. The summed E-state index contributed by atoms with van der Waals surface area (Å²) in [4.78, 5) is 6.98. The Hall–Kier alpha value is -1.13. The number of hydrogen-bond acceptors (Lipinski definition) is 4. The topological polar surface area (TPSA) is 48.4 Å². The van der Waals surface area contributed by atoms with Gasteiger partial charge < -0.3 is 10.4 Å². The van der Waals surface area contributed by atoms with Crippen molar-refractivity contribution in [2.45, 2.75) is 44.8 Å². The Morgan fingerprint density at radius 1 is 1.39 bits per heavy atom. The molecule has 0 spiro atoms. The van der Waals surface area contributed by atoms with Crippen molar-refractivity contribution in [1.82, 2.24) is 15.2 Å². The fourth-order valence-corrected chi connectivity index (χ4v) is 3.28. The molecule has 0 radical (unpaired) electrons. The molecule has 4 nitrogen and oxygen atoms in total. The highest BCUT2D eigenvalue weighted by Gasteiger charge is 2.36. The van der Waals surface area contributed by atoms with Crippen molar-refractivity contribution in [3.8, 4) is 5.75 Å². The van der Waals surface area contributed by atoms with Crippen LogP contribution in [-0.4, -0.2) is 40.2 Å². The van der Waals surface area contributed by atoms with Crippen molar-refractivity contribution in [2.75, 3.05) is 13.1 Å². The SMILES string of the molecule is Cc1ccc(O)c(CNC2CCN3CCCC23)n1. The minimum absolute atomic E-state index is 0.300. The Morgan fingerprint density at radius 2 is 2.28 bits per heavy atom. The third-order valence-electron chi connectivity index (χ3n) is 4.23. The van der Waals surface area contributed by atoms with Crippen LogP contribution in [-0.2, 0) is 6.54 Å². The van der Waals surface area contributed by atoms with Gasteiger partial charge in [-0.25, -0.2) is 0 Å². The summed E-state index contributed by atoms with van der Waals surface area (Å²) in [6.07, 6.45) is 3.86. The lowest BCUT2D eigenvalue weighted by molar-refractivity contribution is 0.297. The Kier molecular flexibility index (Phi) is 3.22. The van der Waals surface area contributed by atoms with Crippen LogP contribution in [0.25, 0.3) is 0 Å². The van der Waals surface area contributed by atoms with Gasteiger partial charge in [0.25, 0.3) is 0 Å². The molecule has 2 aliphatic heterocycles. The van der Waals surface area contributed by atoms with Gasteiger partial charge in [0.05, 0.1) is 5.69 Å². The van der Waals surface area contributed by atoms with E-state index < -0.39 is 0 Å². The van der Waals surface area contributed by atoms with Crippen molar-refractivity contribution in [1.29, 1.82) is 0 Å². The van der Waals surface area contributed by atoms with Crippen LogP contribution in [0.2, 0.25) is 0 Å². The number of pyridine rings is 1. The summed E-state index contributed by atoms with van der Waals surface area (Å²) in [5, 5.41) is 13.4. The van der Waals surface area contributed by atoms with Crippen molar-refractivity contribution in [3.63, 3.8) is 0 Å². The summed E-state index contributed by atoms with van der Waals surface area (Å²) in [5.74, 6) is 0.300. The average Bonchev–Trinajstić information content (AvgIpc) is 2.93. The highest BCUT2D eigenvalue weighted by Crippen LogP contribution is 2.28. The summed E-state index contributed by atoms with van der Waals surface area (Å²) in [6, 6.07) is 4.84. The molecule has 2 aliphatic rings. The van der Waals surface area contributed by atoms with E-state index in [0.717, 1.165) is 11.4 Å². The zero-order valence-corrected chi connectivity index (χ0v) is 10.9. The van der Waals surface area contributed by atoms with Crippen molar-refractivity contribution in [3.05, 3.63) is 23.5 Å². The third-order valence-corrected chi connectivity index (χ3v) is 4.23. The first-order chi connectivity index (χ1) is 8.74. The molecular weight excluding hydrogens is 226 g/mol. The second kappa shape index (κ2) is 4.86. The molecule has 4 heteroatoms. The van der Waals surface area contributed by atoms with E-state index in [0.29, 0.717) is 24.4 Å². The number of hydrogen-bond donors (Lipinski definition) is 2. The quantitative estimate of drug-likeness (QED) is 0.848. The first-order valence-corrected chi connectivity index (χ1v) is 6.87. The molecule has 2 atom stereocenters. The number of nitrogens with one attached hydrogen (secondary N) is 1. The minimum Gasteiger partial charge on any atom is -0.506 e. The average molecular weight is 247 g/mol. The van der Waals surface area contributed by atoms with Gasteiger partial charge in [0, 0.05) is 30.9 Å². The molecular formula is C14H21N3O. The van der Waals surface area contributed by atoms with Gasteiger partial charge in [-0.2, -0.15) is 0 Å². The van der Waals surface area contributed by atoms with Crippen LogP contribution in [0.1, 0.15) is 30.7 Å². The molecule has 2 saturated heterocycles. The zero-order chi connectivity index (χ0) is 12.5. The van der Waals surface area contributed by atoms with Gasteiger partial charge in [-0.1, -0.05) is 0 Å². The molecule has 2 fully saturated rings. The van der Waals surface area contributed by atoms with E-state index in [4.69, 9.17) is 0 Å². The van der Waals surface area contributed by atoms with Crippen LogP contribution in [0.4, 0.5) is 0 Å². The maximum atomic E-state index is 9.78. The molecule has 0 bridgehead atoms. The van der Waals surface area contributed by atoms with E-state index in [9.17, 15) is 5.11 Å². The number of fused-ring (bicyclic) bond motifs is 1. The lowest BCUT2D eigenvalue weighted by Gasteiger charge is -2.21. The fraction of sp³-hybridized carbons (Fsp3) is 0.643. The van der Waals surface area contributed by atoms with Gasteiger partial charge >= 0.3 is 0 Å². The van der Waals surface area contributed by atoms with E-state index in [1.54, 1.807) is 6.07 Å². The summed E-state index contributed by atoms with van der Waals surface area (Å²) in [6.45, 7) is 5.10. The van der Waals surface area contributed by atoms with Crippen molar-refractivity contribution in [2.24, 2.45) is 0 Å². The number of aryl methyl sites for hydroxylation is 1. The summed E-state index contributed by atoms with van der Waals surface area (Å²) in [5.41, 5.74) is 1.73. The highest BCUT2D eigenvalue weighted by molar-refractivity contribution is 5.27. The molecule has 98 valence electrons. The molecule has 0 amide bonds. The van der Waals surface area contributed by atoms with E-state index in [1.165, 1.54) is 32.4 Å². The molecule has 3 rings (SSSR count). The highest BCUT2D eigenvalue weighted by atomic mass is 16.3. The number of aromatic nitrogens is 1. The maximum absolute atomic E-state index is 9.78. The lowest BCUT2D eigenvalue weighted by Crippen LogP contribution is -2.38. The van der Waals surface area contributed by atoms with Gasteiger partial charge in [-0.05, 0) is 44.9 Å². The number of nitrogens with zero attached hydrogens (tertiary/aromatic N) is 2. The van der Waals surface area contributed by atoms with E-state index in [1.807, 2.05) is 13.0 Å². The van der Waals surface area contributed by atoms with Gasteiger partial charge in [0.15, 0.2) is 0 Å². The first-order valence-electron chi connectivity index (χ1n) is 6.87. The lowest BCUT2D eigenvalue weighted by atomic mass is 10.1. The summed E-state index contributed by atoms with van der Waals surface area (Å²) in [7, 11) is 0. The molecule has 1 aromatic rings. The third kappa shape index (κ3) is 2.22. The van der Waals surface area contributed by atoms with E-state index >= 15 is 0 Å². The Morgan fingerprint density at radius 3 is 3.17 bits per heavy atom. The Balaban J connectivity index is 1.62. The van der Waals surface area contributed by atoms with Crippen molar-refractivity contribution >= 4 is 0 Å². The molecule has 0 aromatic carbocycles. The zero-order valence-electron chi connectivity index (χ0n) is 10.9. The number of aromatic hydroxyl groups is 1. The molecule has 0 saturated carbocycles. The molecule has 2 N–H and O–H groups in total. The summed E-state index contributed by atoms with van der Waals surface area (Å²) >= 11 is 0. The number of rotatable bonds is 3. The fourth-order valence-electron chi connectivity index (χ4n) is 3.28. The monoisotopic (exact) mass is 247 g/mol. The second-order valence-corrected chi connectivity index (χ2v) is 5.44. The van der Waals surface area contributed by atoms with Gasteiger partial charge in [-0.3, -0.25) is 9.88 Å². The normalized spacial score (nSPS) is 27.6. The van der Waals surface area contributed by atoms with Crippen LogP contribution in [0, 0.1) is 6.92 Å². The first kappa shape index (κ1) is 11.9. The Bertz CT molecular complexity index is 435. The van der Waals surface area contributed by atoms with Crippen molar-refractivity contribution < 1.29 is 5.11 Å². The van der Waals surface area contributed by atoms with Crippen LogP contribution >= 0.6 is 0 Å². The van der Waals surface area contributed by atoms with Crippen LogP contribution in [0.5, 0.6) is 5.75 Å². The van der Waals surface area contributed by atoms with Gasteiger partial charge in [0.2, 0.25) is 0 Å². The van der Waals surface area contributed by atoms with E-state index in [-0.39, 0.29) is 0 Å². The maximum Gasteiger partial charge on any atom is 0.138 e. The van der Waals surface area contributed by atoms with Crippen LogP contribution in [0.3, 0.4) is 0 Å². The minimum atomic E-state index is 0.300. The van der Waals surface area contributed by atoms with Gasteiger partial charge in [-0.15, -0.1) is 0 Å². The molecule has 3 heterocycles. The molecule has 1 aromatic heterocycles. The predicted molar refractivity (Wildman–Crippen MR) is 70.5 cm³/mol. The molecule has 18 heavy (non-hydrogen) atoms.